The molecule has 1 aliphatic rings. The Kier molecular flexibility index (Phi) is 4.71. The van der Waals surface area contributed by atoms with Gasteiger partial charge >= 0.3 is 6.03 Å². The number of anilines is 1. The van der Waals surface area contributed by atoms with Gasteiger partial charge in [0.25, 0.3) is 5.91 Å². The van der Waals surface area contributed by atoms with Crippen LogP contribution in [0.5, 0.6) is 0 Å². The third-order valence-electron chi connectivity index (χ3n) is 4.33. The van der Waals surface area contributed by atoms with Crippen LogP contribution in [-0.4, -0.2) is 49.1 Å². The van der Waals surface area contributed by atoms with E-state index in [0.717, 1.165) is 11.2 Å². The number of aryl methyl sites for hydroxylation is 1. The van der Waals surface area contributed by atoms with Crippen LogP contribution in [0, 0.1) is 6.92 Å². The van der Waals surface area contributed by atoms with Gasteiger partial charge in [0.05, 0.1) is 10.6 Å². The van der Waals surface area contributed by atoms with Gasteiger partial charge in [0.15, 0.2) is 9.84 Å². The van der Waals surface area contributed by atoms with Gasteiger partial charge in [-0.1, -0.05) is 17.3 Å². The summed E-state index contributed by atoms with van der Waals surface area (Å²) in [5, 5.41) is 8.59. The van der Waals surface area contributed by atoms with Gasteiger partial charge < -0.3 is 9.84 Å². The molecule has 1 aromatic heterocycles. The lowest BCUT2D eigenvalue weighted by atomic mass is 9.92. The smallest absolute Gasteiger partial charge is 0.325 e. The third-order valence-corrected chi connectivity index (χ3v) is 5.46. The van der Waals surface area contributed by atoms with Gasteiger partial charge in [-0.15, -0.1) is 0 Å². The number of carbonyl (C=O) groups excluding carboxylic acids is 3. The van der Waals surface area contributed by atoms with Gasteiger partial charge in [0.2, 0.25) is 11.8 Å². The fraction of sp³-hybridized carbons (Fsp3) is 0.294. The predicted octanol–water partition coefficient (Wildman–Crippen LogP) is 0.792. The van der Waals surface area contributed by atoms with Crippen LogP contribution in [0.2, 0.25) is 0 Å². The number of imide groups is 1. The van der Waals surface area contributed by atoms with Gasteiger partial charge in [-0.3, -0.25) is 19.8 Å². The molecule has 0 saturated carbocycles. The molecule has 1 atom stereocenters. The second kappa shape index (κ2) is 6.75. The normalized spacial score (nSPS) is 19.6. The second-order valence-corrected chi connectivity index (χ2v) is 8.64. The summed E-state index contributed by atoms with van der Waals surface area (Å²) in [5.41, 5.74) is -0.460. The van der Waals surface area contributed by atoms with E-state index in [2.05, 4.69) is 15.8 Å². The first-order valence-electron chi connectivity index (χ1n) is 8.18. The van der Waals surface area contributed by atoms with Gasteiger partial charge in [-0.2, -0.15) is 0 Å². The van der Waals surface area contributed by atoms with Crippen LogP contribution in [0.3, 0.4) is 0 Å². The molecular weight excluding hydrogens is 388 g/mol. The highest BCUT2D eigenvalue weighted by Crippen LogP contribution is 2.29. The van der Waals surface area contributed by atoms with Crippen molar-refractivity contribution < 1.29 is 27.3 Å². The van der Waals surface area contributed by atoms with Crippen LogP contribution >= 0.6 is 0 Å². The number of sulfone groups is 1. The number of aromatic nitrogens is 1. The quantitative estimate of drug-likeness (QED) is 0.700. The average Bonchev–Trinajstić information content (AvgIpc) is 3.11. The number of amides is 4. The molecule has 0 aliphatic carbocycles. The molecular formula is C17H18N4O6S. The summed E-state index contributed by atoms with van der Waals surface area (Å²) in [6, 6.07) is 6.39. The minimum absolute atomic E-state index is 0.0928. The average molecular weight is 406 g/mol. The van der Waals surface area contributed by atoms with Crippen LogP contribution in [0.15, 0.2) is 39.8 Å². The fourth-order valence-electron chi connectivity index (χ4n) is 2.81. The maximum absolute atomic E-state index is 12.8. The molecule has 4 amide bonds. The Hall–Kier alpha value is -3.21. The number of rotatable bonds is 5. The molecule has 1 aromatic carbocycles. The Balaban J connectivity index is 1.77. The predicted molar refractivity (Wildman–Crippen MR) is 97.0 cm³/mol. The van der Waals surface area contributed by atoms with E-state index in [1.165, 1.54) is 37.3 Å². The summed E-state index contributed by atoms with van der Waals surface area (Å²) in [4.78, 5) is 38.1. The van der Waals surface area contributed by atoms with Crippen molar-refractivity contribution in [1.29, 1.82) is 0 Å². The molecule has 1 aliphatic heterocycles. The summed E-state index contributed by atoms with van der Waals surface area (Å²) in [5.74, 6) is -1.15. The van der Waals surface area contributed by atoms with Crippen LogP contribution in [0.4, 0.5) is 10.7 Å². The molecule has 1 saturated heterocycles. The van der Waals surface area contributed by atoms with Crippen molar-refractivity contribution in [3.8, 4) is 0 Å². The van der Waals surface area contributed by atoms with Gasteiger partial charge in [0.1, 0.15) is 12.1 Å². The van der Waals surface area contributed by atoms with E-state index < -0.39 is 39.8 Å². The van der Waals surface area contributed by atoms with Crippen molar-refractivity contribution in [3.05, 3.63) is 41.6 Å². The largest absolute Gasteiger partial charge is 0.338 e. The number of hydrogen-bond acceptors (Lipinski definition) is 7. The van der Waals surface area contributed by atoms with Crippen molar-refractivity contribution >= 4 is 33.6 Å². The van der Waals surface area contributed by atoms with Gasteiger partial charge in [-0.05, 0) is 31.5 Å². The van der Waals surface area contributed by atoms with Crippen LogP contribution in [-0.2, 0) is 25.0 Å². The highest BCUT2D eigenvalue weighted by molar-refractivity contribution is 7.90. The van der Waals surface area contributed by atoms with Crippen molar-refractivity contribution in [1.82, 2.24) is 15.4 Å². The number of nitrogens with one attached hydrogen (secondary N) is 2. The third kappa shape index (κ3) is 3.60. The molecule has 0 radical (unpaired) electrons. The van der Waals surface area contributed by atoms with E-state index in [1.807, 2.05) is 0 Å². The zero-order valence-electron chi connectivity index (χ0n) is 15.3. The summed E-state index contributed by atoms with van der Waals surface area (Å²) in [6.45, 7) is 2.65. The second-order valence-electron chi connectivity index (χ2n) is 6.62. The highest BCUT2D eigenvalue weighted by atomic mass is 32.2. The molecule has 10 nitrogen and oxygen atoms in total. The first-order valence-corrected chi connectivity index (χ1v) is 10.1. The van der Waals surface area contributed by atoms with Crippen molar-refractivity contribution in [2.75, 3.05) is 18.1 Å². The zero-order chi connectivity index (χ0) is 20.7. The monoisotopic (exact) mass is 406 g/mol. The molecule has 1 unspecified atom stereocenters. The van der Waals surface area contributed by atoms with E-state index >= 15 is 0 Å². The summed E-state index contributed by atoms with van der Waals surface area (Å²) >= 11 is 0. The minimum atomic E-state index is -3.39. The first-order chi connectivity index (χ1) is 13.0. The molecule has 0 spiro atoms. The SMILES string of the molecule is Cc1cc(NC(=O)CN2C(=O)NC(C)(c3ccc(S(C)(=O)=O)cc3)C2=O)on1. The lowest BCUT2D eigenvalue weighted by Crippen LogP contribution is -2.42. The van der Waals surface area contributed by atoms with Crippen LogP contribution in [0.25, 0.3) is 0 Å². The molecule has 2 heterocycles. The Morgan fingerprint density at radius 1 is 1.29 bits per heavy atom. The fourth-order valence-corrected chi connectivity index (χ4v) is 3.45. The van der Waals surface area contributed by atoms with Crippen LogP contribution < -0.4 is 10.6 Å². The molecule has 3 rings (SSSR count). The van der Waals surface area contributed by atoms with Crippen molar-refractivity contribution in [3.63, 3.8) is 0 Å². The van der Waals surface area contributed by atoms with E-state index in [1.54, 1.807) is 6.92 Å². The number of urea groups is 1. The van der Waals surface area contributed by atoms with Crippen molar-refractivity contribution in [2.45, 2.75) is 24.3 Å². The Morgan fingerprint density at radius 2 is 1.93 bits per heavy atom. The Bertz CT molecular complexity index is 1060. The minimum Gasteiger partial charge on any atom is -0.338 e. The zero-order valence-corrected chi connectivity index (χ0v) is 16.2. The first kappa shape index (κ1) is 19.5. The summed E-state index contributed by atoms with van der Waals surface area (Å²) < 4.78 is 28.0. The topological polar surface area (TPSA) is 139 Å². The lowest BCUT2D eigenvalue weighted by molar-refractivity contribution is -0.133. The standard InChI is InChI=1S/C17H18N4O6S/c1-10-8-14(27-20-10)18-13(22)9-21-15(23)17(2,19-16(21)24)11-4-6-12(7-5-11)28(3,25)26/h4-8H,9H2,1-3H3,(H,18,22)(H,19,24). The van der Waals surface area contributed by atoms with E-state index in [4.69, 9.17) is 4.52 Å². The maximum Gasteiger partial charge on any atom is 0.325 e. The van der Waals surface area contributed by atoms with E-state index in [0.29, 0.717) is 11.3 Å². The summed E-state index contributed by atoms with van der Waals surface area (Å²) in [6.07, 6.45) is 1.07. The molecule has 0 bridgehead atoms. The Morgan fingerprint density at radius 3 is 2.46 bits per heavy atom. The lowest BCUT2D eigenvalue weighted by Gasteiger charge is -2.22. The Labute approximate surface area is 160 Å². The molecule has 1 fully saturated rings. The maximum atomic E-state index is 12.8. The van der Waals surface area contributed by atoms with Gasteiger partial charge in [0, 0.05) is 12.3 Å². The molecule has 148 valence electrons. The molecule has 2 N–H and O–H groups in total. The molecule has 11 heteroatoms. The number of carbonyl (C=O) groups is 3. The number of benzene rings is 1. The van der Waals surface area contributed by atoms with Crippen molar-refractivity contribution in [2.24, 2.45) is 0 Å². The molecule has 2 aromatic rings. The molecule has 28 heavy (non-hydrogen) atoms. The van der Waals surface area contributed by atoms with Gasteiger partial charge in [-0.25, -0.2) is 13.2 Å². The summed E-state index contributed by atoms with van der Waals surface area (Å²) in [7, 11) is -3.39. The van der Waals surface area contributed by atoms with E-state index in [9.17, 15) is 22.8 Å². The highest BCUT2D eigenvalue weighted by Gasteiger charge is 2.49. The van der Waals surface area contributed by atoms with E-state index in [-0.39, 0.29) is 10.8 Å². The van der Waals surface area contributed by atoms with Crippen LogP contribution in [0.1, 0.15) is 18.2 Å². The number of hydrogen-bond donors (Lipinski definition) is 2. The number of nitrogens with zero attached hydrogens (tertiary/aromatic N) is 2.